The monoisotopic (exact) mass is 342 g/mol. The molecular formula is C16H20BrClO. The molecule has 104 valence electrons. The van der Waals surface area contributed by atoms with E-state index in [0.717, 1.165) is 22.8 Å². The first-order valence-corrected chi connectivity index (χ1v) is 8.48. The lowest BCUT2D eigenvalue weighted by molar-refractivity contribution is -0.0604. The van der Waals surface area contributed by atoms with Crippen LogP contribution in [0.3, 0.4) is 0 Å². The molecule has 0 saturated heterocycles. The van der Waals surface area contributed by atoms with E-state index in [9.17, 15) is 0 Å². The Bertz CT molecular complexity index is 468. The number of hydrogen-bond donors (Lipinski definition) is 0. The number of rotatable bonds is 2. The third-order valence-corrected chi connectivity index (χ3v) is 6.40. The highest BCUT2D eigenvalue weighted by atomic mass is 79.9. The Morgan fingerprint density at radius 1 is 1.26 bits per heavy atom. The van der Waals surface area contributed by atoms with Gasteiger partial charge in [0, 0.05) is 15.3 Å². The molecule has 3 heteroatoms. The Labute approximate surface area is 128 Å². The molecular weight excluding hydrogens is 324 g/mol. The van der Waals surface area contributed by atoms with Crippen LogP contribution in [0, 0.1) is 12.3 Å². The molecule has 2 aliphatic rings. The van der Waals surface area contributed by atoms with E-state index in [4.69, 9.17) is 16.3 Å². The number of aryl methyl sites for hydroxylation is 1. The average molecular weight is 344 g/mol. The Morgan fingerprint density at radius 2 is 2.00 bits per heavy atom. The van der Waals surface area contributed by atoms with Gasteiger partial charge in [0.15, 0.2) is 0 Å². The van der Waals surface area contributed by atoms with Crippen molar-refractivity contribution in [2.24, 2.45) is 5.41 Å². The first kappa shape index (κ1) is 13.8. The van der Waals surface area contributed by atoms with Crippen molar-refractivity contribution < 1.29 is 4.74 Å². The van der Waals surface area contributed by atoms with Crippen molar-refractivity contribution in [3.05, 3.63) is 28.8 Å². The molecule has 0 amide bonds. The lowest BCUT2D eigenvalue weighted by Crippen LogP contribution is -2.57. The minimum absolute atomic E-state index is 0.372. The Balaban J connectivity index is 1.76. The number of hydrogen-bond acceptors (Lipinski definition) is 1. The molecule has 2 saturated carbocycles. The van der Waals surface area contributed by atoms with Crippen molar-refractivity contribution in [1.29, 1.82) is 0 Å². The average Bonchev–Trinajstić information content (AvgIpc) is 2.42. The summed E-state index contributed by atoms with van der Waals surface area (Å²) in [6.45, 7) is 2.07. The van der Waals surface area contributed by atoms with Crippen LogP contribution in [0.15, 0.2) is 18.2 Å². The summed E-state index contributed by atoms with van der Waals surface area (Å²) in [6.07, 6.45) is 8.19. The van der Waals surface area contributed by atoms with Gasteiger partial charge in [-0.05, 0) is 49.9 Å². The number of ether oxygens (including phenoxy) is 1. The van der Waals surface area contributed by atoms with Gasteiger partial charge in [0.25, 0.3) is 0 Å². The second-order valence-electron chi connectivity index (χ2n) is 6.01. The zero-order chi connectivity index (χ0) is 13.5. The van der Waals surface area contributed by atoms with Crippen molar-refractivity contribution in [3.63, 3.8) is 0 Å². The Hall–Kier alpha value is -0.210. The summed E-state index contributed by atoms with van der Waals surface area (Å²) in [4.78, 5) is 0.637. The normalized spacial score (nSPS) is 29.0. The summed E-state index contributed by atoms with van der Waals surface area (Å²) < 4.78 is 6.31. The zero-order valence-corrected chi connectivity index (χ0v) is 13.6. The van der Waals surface area contributed by atoms with Gasteiger partial charge in [0.05, 0.1) is 0 Å². The van der Waals surface area contributed by atoms with Crippen molar-refractivity contribution >= 4 is 27.5 Å². The van der Waals surface area contributed by atoms with Crippen LogP contribution in [0.2, 0.25) is 5.02 Å². The van der Waals surface area contributed by atoms with Gasteiger partial charge in [-0.25, -0.2) is 0 Å². The quantitative estimate of drug-likeness (QED) is 0.643. The van der Waals surface area contributed by atoms with Crippen LogP contribution in [-0.4, -0.2) is 10.9 Å². The second-order valence-corrected chi connectivity index (χ2v) is 7.56. The topological polar surface area (TPSA) is 9.23 Å². The van der Waals surface area contributed by atoms with Crippen molar-refractivity contribution in [3.8, 4) is 5.75 Å². The molecule has 1 aromatic carbocycles. The summed E-state index contributed by atoms with van der Waals surface area (Å²) >= 11 is 9.87. The van der Waals surface area contributed by atoms with Crippen molar-refractivity contribution in [2.75, 3.05) is 0 Å². The van der Waals surface area contributed by atoms with Gasteiger partial charge in [0.2, 0.25) is 0 Å². The van der Waals surface area contributed by atoms with Crippen molar-refractivity contribution in [2.45, 2.75) is 56.4 Å². The molecule has 0 aliphatic heterocycles. The standard InChI is InChI=1S/C16H20BrClO/c1-11-9-12(18)5-6-13(11)19-15-10-14(17)16(15)7-3-2-4-8-16/h5-6,9,14-15H,2-4,7-8,10H2,1H3. The fourth-order valence-electron chi connectivity index (χ4n) is 3.61. The highest BCUT2D eigenvalue weighted by Crippen LogP contribution is 2.56. The second kappa shape index (κ2) is 5.29. The molecule has 0 N–H and O–H groups in total. The maximum atomic E-state index is 6.31. The third kappa shape index (κ3) is 2.42. The lowest BCUT2D eigenvalue weighted by atomic mass is 9.58. The van der Waals surface area contributed by atoms with Gasteiger partial charge in [0.1, 0.15) is 11.9 Å². The van der Waals surface area contributed by atoms with Crippen LogP contribution in [0.4, 0.5) is 0 Å². The minimum atomic E-state index is 0.372. The number of halogens is 2. The first-order chi connectivity index (χ1) is 9.12. The maximum absolute atomic E-state index is 6.31. The maximum Gasteiger partial charge on any atom is 0.122 e. The van der Waals surface area contributed by atoms with Crippen molar-refractivity contribution in [1.82, 2.24) is 0 Å². The highest BCUT2D eigenvalue weighted by Gasteiger charge is 2.55. The van der Waals surface area contributed by atoms with E-state index in [0.29, 0.717) is 16.3 Å². The van der Waals surface area contributed by atoms with E-state index in [1.165, 1.54) is 32.1 Å². The van der Waals surface area contributed by atoms with E-state index in [1.807, 2.05) is 18.2 Å². The molecule has 1 nitrogen and oxygen atoms in total. The van der Waals surface area contributed by atoms with E-state index < -0.39 is 0 Å². The zero-order valence-electron chi connectivity index (χ0n) is 11.3. The van der Waals surface area contributed by atoms with Gasteiger partial charge in [-0.2, -0.15) is 0 Å². The molecule has 2 atom stereocenters. The van der Waals surface area contributed by atoms with E-state index in [-0.39, 0.29) is 0 Å². The van der Waals surface area contributed by atoms with Gasteiger partial charge in [-0.15, -0.1) is 0 Å². The van der Waals surface area contributed by atoms with Crippen LogP contribution in [0.25, 0.3) is 0 Å². The smallest absolute Gasteiger partial charge is 0.122 e. The minimum Gasteiger partial charge on any atom is -0.489 e. The van der Waals surface area contributed by atoms with Gasteiger partial charge in [-0.3, -0.25) is 0 Å². The van der Waals surface area contributed by atoms with Gasteiger partial charge in [-0.1, -0.05) is 46.8 Å². The molecule has 2 unspecified atom stereocenters. The third-order valence-electron chi connectivity index (χ3n) is 4.88. The molecule has 0 bridgehead atoms. The molecule has 1 aromatic rings. The predicted molar refractivity (Wildman–Crippen MR) is 83.5 cm³/mol. The Morgan fingerprint density at radius 3 is 2.63 bits per heavy atom. The molecule has 19 heavy (non-hydrogen) atoms. The molecule has 0 heterocycles. The fraction of sp³-hybridized carbons (Fsp3) is 0.625. The van der Waals surface area contributed by atoms with E-state index in [2.05, 4.69) is 22.9 Å². The number of benzene rings is 1. The SMILES string of the molecule is Cc1cc(Cl)ccc1OC1CC(Br)C12CCCCC2. The summed E-state index contributed by atoms with van der Waals surface area (Å²) in [5.41, 5.74) is 1.51. The van der Waals surface area contributed by atoms with Crippen LogP contribution < -0.4 is 4.74 Å². The largest absolute Gasteiger partial charge is 0.489 e. The van der Waals surface area contributed by atoms with Gasteiger partial charge >= 0.3 is 0 Å². The first-order valence-electron chi connectivity index (χ1n) is 7.19. The van der Waals surface area contributed by atoms with Crippen LogP contribution >= 0.6 is 27.5 Å². The van der Waals surface area contributed by atoms with Crippen LogP contribution in [0.5, 0.6) is 5.75 Å². The summed E-state index contributed by atoms with van der Waals surface area (Å²) in [5.74, 6) is 0.999. The molecule has 0 radical (unpaired) electrons. The molecule has 2 fully saturated rings. The summed E-state index contributed by atoms with van der Waals surface area (Å²) in [5, 5.41) is 0.782. The lowest BCUT2D eigenvalue weighted by Gasteiger charge is -2.55. The Kier molecular flexibility index (Phi) is 3.83. The van der Waals surface area contributed by atoms with E-state index >= 15 is 0 Å². The predicted octanol–water partition coefficient (Wildman–Crippen LogP) is 5.51. The van der Waals surface area contributed by atoms with Crippen LogP contribution in [0.1, 0.15) is 44.1 Å². The van der Waals surface area contributed by atoms with Crippen LogP contribution in [-0.2, 0) is 0 Å². The molecule has 0 aromatic heterocycles. The van der Waals surface area contributed by atoms with Gasteiger partial charge < -0.3 is 4.74 Å². The number of alkyl halides is 1. The summed E-state index contributed by atoms with van der Waals surface area (Å²) in [7, 11) is 0. The highest BCUT2D eigenvalue weighted by molar-refractivity contribution is 9.09. The summed E-state index contributed by atoms with van der Waals surface area (Å²) in [6, 6.07) is 5.91. The fourth-order valence-corrected chi connectivity index (χ4v) is 4.93. The molecule has 2 aliphatic carbocycles. The van der Waals surface area contributed by atoms with E-state index in [1.54, 1.807) is 0 Å². The molecule has 1 spiro atoms. The molecule has 3 rings (SSSR count).